The van der Waals surface area contributed by atoms with Crippen LogP contribution in [0.25, 0.3) is 0 Å². The van der Waals surface area contributed by atoms with Crippen LogP contribution < -0.4 is 4.74 Å². The fourth-order valence-corrected chi connectivity index (χ4v) is 1.78. The summed E-state index contributed by atoms with van der Waals surface area (Å²) in [6, 6.07) is 6.35. The van der Waals surface area contributed by atoms with E-state index in [9.17, 15) is 10.1 Å². The first-order valence-electron chi connectivity index (χ1n) is 6.85. The van der Waals surface area contributed by atoms with Crippen molar-refractivity contribution in [1.82, 2.24) is 4.90 Å². The maximum Gasteiger partial charge on any atom is 0.310 e. The van der Waals surface area contributed by atoms with Gasteiger partial charge in [-0.2, -0.15) is 0 Å². The number of rotatable bonds is 10. The molecule has 0 radical (unpaired) electrons. The van der Waals surface area contributed by atoms with Gasteiger partial charge in [0.05, 0.1) is 18.1 Å². The Hall–Kier alpha value is -1.66. The minimum absolute atomic E-state index is 0.0179. The molecule has 0 fully saturated rings. The van der Waals surface area contributed by atoms with Crippen LogP contribution in [-0.4, -0.2) is 49.3 Å². The molecule has 0 atom stereocenters. The van der Waals surface area contributed by atoms with Gasteiger partial charge in [0.1, 0.15) is 6.61 Å². The Morgan fingerprint density at radius 2 is 1.85 bits per heavy atom. The lowest BCUT2D eigenvalue weighted by Gasteiger charge is -2.17. The van der Waals surface area contributed by atoms with Gasteiger partial charge in [-0.3, -0.25) is 10.1 Å². The lowest BCUT2D eigenvalue weighted by Crippen LogP contribution is -2.27. The molecule has 1 rings (SSSR count). The first-order valence-corrected chi connectivity index (χ1v) is 6.85. The highest BCUT2D eigenvalue weighted by molar-refractivity contribution is 5.45. The molecule has 0 aliphatic rings. The fraction of sp³-hybridized carbons (Fsp3) is 0.571. The summed E-state index contributed by atoms with van der Waals surface area (Å²) >= 11 is 0. The van der Waals surface area contributed by atoms with Gasteiger partial charge >= 0.3 is 5.69 Å². The second kappa shape index (κ2) is 9.28. The molecule has 0 unspecified atom stereocenters. The highest BCUT2D eigenvalue weighted by atomic mass is 16.6. The van der Waals surface area contributed by atoms with Crippen LogP contribution >= 0.6 is 0 Å². The lowest BCUT2D eigenvalue weighted by molar-refractivity contribution is -0.385. The summed E-state index contributed by atoms with van der Waals surface area (Å²) in [5, 5.41) is 10.8. The highest BCUT2D eigenvalue weighted by Gasteiger charge is 2.13. The molecule has 112 valence electrons. The molecule has 0 heterocycles. The predicted octanol–water partition coefficient (Wildman–Crippen LogP) is 2.33. The van der Waals surface area contributed by atoms with Gasteiger partial charge in [0.2, 0.25) is 0 Å². The third-order valence-electron chi connectivity index (χ3n) is 2.99. The third kappa shape index (κ3) is 5.54. The first-order chi connectivity index (χ1) is 9.69. The van der Waals surface area contributed by atoms with Gasteiger partial charge in [-0.15, -0.1) is 0 Å². The van der Waals surface area contributed by atoms with Crippen molar-refractivity contribution in [2.45, 2.75) is 13.8 Å². The number of ether oxygens (including phenoxy) is 2. The van der Waals surface area contributed by atoms with Crippen molar-refractivity contribution in [1.29, 1.82) is 0 Å². The quantitative estimate of drug-likeness (QED) is 0.374. The number of likely N-dealkylation sites (N-methyl/N-ethyl adjacent to an activating group) is 1. The van der Waals surface area contributed by atoms with Gasteiger partial charge in [-0.25, -0.2) is 0 Å². The molecule has 6 heteroatoms. The van der Waals surface area contributed by atoms with Crippen LogP contribution in [0.3, 0.4) is 0 Å². The number of hydrogen-bond donors (Lipinski definition) is 0. The minimum Gasteiger partial charge on any atom is -0.484 e. The normalized spacial score (nSPS) is 10.8. The van der Waals surface area contributed by atoms with Gasteiger partial charge in [-0.1, -0.05) is 26.0 Å². The van der Waals surface area contributed by atoms with E-state index in [4.69, 9.17) is 9.47 Å². The largest absolute Gasteiger partial charge is 0.484 e. The second-order valence-corrected chi connectivity index (χ2v) is 4.21. The highest BCUT2D eigenvalue weighted by Crippen LogP contribution is 2.25. The zero-order valence-corrected chi connectivity index (χ0v) is 12.1. The molecular formula is C14H22N2O4. The maximum absolute atomic E-state index is 10.8. The number of nitro benzene ring substituents is 1. The molecule has 0 saturated carbocycles. The van der Waals surface area contributed by atoms with E-state index < -0.39 is 4.92 Å². The molecule has 0 N–H and O–H groups in total. The Bertz CT molecular complexity index is 408. The third-order valence-corrected chi connectivity index (χ3v) is 2.99. The number of hydrogen-bond acceptors (Lipinski definition) is 5. The smallest absolute Gasteiger partial charge is 0.310 e. The van der Waals surface area contributed by atoms with Crippen LogP contribution in [0.4, 0.5) is 5.69 Å². The van der Waals surface area contributed by atoms with Crippen molar-refractivity contribution in [3.63, 3.8) is 0 Å². The molecule has 20 heavy (non-hydrogen) atoms. The van der Waals surface area contributed by atoms with Crippen molar-refractivity contribution < 1.29 is 14.4 Å². The van der Waals surface area contributed by atoms with Crippen LogP contribution in [0.1, 0.15) is 13.8 Å². The predicted molar refractivity (Wildman–Crippen MR) is 77.2 cm³/mol. The molecule has 1 aromatic carbocycles. The van der Waals surface area contributed by atoms with Gasteiger partial charge in [0.25, 0.3) is 0 Å². The monoisotopic (exact) mass is 282 g/mol. The molecular weight excluding hydrogens is 260 g/mol. The van der Waals surface area contributed by atoms with E-state index in [2.05, 4.69) is 18.7 Å². The Balaban J connectivity index is 2.23. The number of nitro groups is 1. The average Bonchev–Trinajstić information content (AvgIpc) is 2.47. The van der Waals surface area contributed by atoms with E-state index in [1.165, 1.54) is 6.07 Å². The average molecular weight is 282 g/mol. The summed E-state index contributed by atoms with van der Waals surface area (Å²) < 4.78 is 10.8. The van der Waals surface area contributed by atoms with E-state index in [1.807, 2.05) is 0 Å². The second-order valence-electron chi connectivity index (χ2n) is 4.21. The molecule has 0 amide bonds. The molecule has 6 nitrogen and oxygen atoms in total. The van der Waals surface area contributed by atoms with Crippen molar-refractivity contribution in [2.24, 2.45) is 0 Å². The molecule has 0 bridgehead atoms. The Kier molecular flexibility index (Phi) is 7.60. The first kappa shape index (κ1) is 16.4. The fourth-order valence-electron chi connectivity index (χ4n) is 1.78. The van der Waals surface area contributed by atoms with Crippen molar-refractivity contribution in [2.75, 3.05) is 39.5 Å². The SMILES string of the molecule is CCN(CC)CCOCCOc1ccccc1[N+](=O)[O-]. The van der Waals surface area contributed by atoms with E-state index >= 15 is 0 Å². The van der Waals surface area contributed by atoms with Crippen LogP contribution in [0.15, 0.2) is 24.3 Å². The van der Waals surface area contributed by atoms with Gasteiger partial charge in [0, 0.05) is 12.6 Å². The summed E-state index contributed by atoms with van der Waals surface area (Å²) in [4.78, 5) is 12.6. The van der Waals surface area contributed by atoms with Gasteiger partial charge < -0.3 is 14.4 Å². The molecule has 0 spiro atoms. The summed E-state index contributed by atoms with van der Waals surface area (Å²) in [5.74, 6) is 0.282. The Labute approximate surface area is 119 Å². The minimum atomic E-state index is -0.448. The van der Waals surface area contributed by atoms with Crippen LogP contribution in [-0.2, 0) is 4.74 Å². The van der Waals surface area contributed by atoms with E-state index in [0.717, 1.165) is 19.6 Å². The Morgan fingerprint density at radius 3 is 2.50 bits per heavy atom. The zero-order chi connectivity index (χ0) is 14.8. The summed E-state index contributed by atoms with van der Waals surface area (Å²) in [6.45, 7) is 8.50. The van der Waals surface area contributed by atoms with Crippen molar-refractivity contribution in [3.05, 3.63) is 34.4 Å². The zero-order valence-electron chi connectivity index (χ0n) is 12.1. The van der Waals surface area contributed by atoms with Gasteiger partial charge in [0.15, 0.2) is 5.75 Å². The number of nitrogens with zero attached hydrogens (tertiary/aromatic N) is 2. The molecule has 0 aliphatic heterocycles. The molecule has 1 aromatic rings. The summed E-state index contributed by atoms with van der Waals surface area (Å²) in [5.41, 5.74) is -0.0179. The standard InChI is InChI=1S/C14H22N2O4/c1-3-15(4-2)9-10-19-11-12-20-14-8-6-5-7-13(14)16(17)18/h5-8H,3-4,9-12H2,1-2H3. The number of para-hydroxylation sites is 2. The lowest BCUT2D eigenvalue weighted by atomic mass is 10.3. The molecule has 0 aliphatic carbocycles. The molecule has 0 aromatic heterocycles. The van der Waals surface area contributed by atoms with E-state index in [-0.39, 0.29) is 11.4 Å². The van der Waals surface area contributed by atoms with Crippen LogP contribution in [0.5, 0.6) is 5.75 Å². The maximum atomic E-state index is 10.8. The van der Waals surface area contributed by atoms with Crippen LogP contribution in [0.2, 0.25) is 0 Å². The van der Waals surface area contributed by atoms with Gasteiger partial charge in [-0.05, 0) is 19.2 Å². The number of benzene rings is 1. The summed E-state index contributed by atoms with van der Waals surface area (Å²) in [6.07, 6.45) is 0. The topological polar surface area (TPSA) is 64.8 Å². The van der Waals surface area contributed by atoms with E-state index in [1.54, 1.807) is 18.2 Å². The van der Waals surface area contributed by atoms with Crippen LogP contribution in [0, 0.1) is 10.1 Å². The molecule has 0 saturated heterocycles. The summed E-state index contributed by atoms with van der Waals surface area (Å²) in [7, 11) is 0. The van der Waals surface area contributed by atoms with E-state index in [0.29, 0.717) is 19.8 Å². The Morgan fingerprint density at radius 1 is 1.15 bits per heavy atom. The van der Waals surface area contributed by atoms with Crippen molar-refractivity contribution in [3.8, 4) is 5.75 Å². The van der Waals surface area contributed by atoms with Crippen molar-refractivity contribution >= 4 is 5.69 Å².